The number of nitrogens with one attached hydrogen (secondary N) is 1. The van der Waals surface area contributed by atoms with Crippen LogP contribution in [0.15, 0.2) is 73.1 Å². The van der Waals surface area contributed by atoms with Gasteiger partial charge in [0.15, 0.2) is 0 Å². The molecule has 3 aromatic rings. The molecule has 1 saturated carbocycles. The Hall–Kier alpha value is -3.54. The quantitative estimate of drug-likeness (QED) is 0.618. The molecule has 33 heavy (non-hydrogen) atoms. The van der Waals surface area contributed by atoms with Gasteiger partial charge in [0.05, 0.1) is 17.1 Å². The van der Waals surface area contributed by atoms with Gasteiger partial charge in [-0.1, -0.05) is 55.7 Å². The van der Waals surface area contributed by atoms with Gasteiger partial charge in [0, 0.05) is 24.5 Å². The average Bonchev–Trinajstić information content (AvgIpc) is 2.85. The van der Waals surface area contributed by atoms with E-state index in [9.17, 15) is 9.59 Å². The first kappa shape index (κ1) is 21.3. The Labute approximate surface area is 192 Å². The molecule has 1 atom stereocenters. The average molecular weight is 444 g/mol. The van der Waals surface area contributed by atoms with E-state index < -0.39 is 17.3 Å². The normalized spacial score (nSPS) is 19.2. The first-order valence-electron chi connectivity index (χ1n) is 11.5. The molecule has 1 aromatic heterocycles. The summed E-state index contributed by atoms with van der Waals surface area (Å²) in [5, 5.41) is 3.07. The second-order valence-corrected chi connectivity index (χ2v) is 8.86. The summed E-state index contributed by atoms with van der Waals surface area (Å²) in [6.07, 6.45) is 7.50. The zero-order valence-corrected chi connectivity index (χ0v) is 18.3. The van der Waals surface area contributed by atoms with E-state index in [0.29, 0.717) is 24.9 Å². The van der Waals surface area contributed by atoms with Crippen molar-refractivity contribution in [2.75, 3.05) is 4.90 Å². The molecule has 2 aliphatic rings. The van der Waals surface area contributed by atoms with Crippen molar-refractivity contribution in [3.63, 3.8) is 0 Å². The summed E-state index contributed by atoms with van der Waals surface area (Å²) in [5.74, 6) is -1.44. The maximum Gasteiger partial charge on any atom is 0.259 e. The molecule has 2 amide bonds. The largest absolute Gasteiger partial charge is 0.351 e. The molecule has 0 saturated heterocycles. The number of rotatable bonds is 4. The summed E-state index contributed by atoms with van der Waals surface area (Å²) in [6.45, 7) is 0.342. The highest BCUT2D eigenvalue weighted by atomic mass is 19.1. The van der Waals surface area contributed by atoms with Crippen molar-refractivity contribution < 1.29 is 14.0 Å². The van der Waals surface area contributed by atoms with Crippen LogP contribution in [-0.2, 0) is 11.3 Å². The highest BCUT2D eigenvalue weighted by Gasteiger charge is 2.55. The number of anilines is 1. The van der Waals surface area contributed by atoms with E-state index in [2.05, 4.69) is 10.3 Å². The number of carbonyl (C=O) groups is 2. The van der Waals surface area contributed by atoms with E-state index in [1.54, 1.807) is 47.6 Å². The lowest BCUT2D eigenvalue weighted by Crippen LogP contribution is -2.63. The topological polar surface area (TPSA) is 62.3 Å². The van der Waals surface area contributed by atoms with Crippen LogP contribution in [-0.4, -0.2) is 22.3 Å². The third-order valence-electron chi connectivity index (χ3n) is 6.95. The second kappa shape index (κ2) is 8.77. The summed E-state index contributed by atoms with van der Waals surface area (Å²) in [6, 6.07) is 17.4. The van der Waals surface area contributed by atoms with Crippen molar-refractivity contribution in [1.29, 1.82) is 0 Å². The SMILES string of the molecule is O=C(NCc1cccnc1)[C@H]1c2ccccc2C(=O)N(c2ccccc2F)C12CCCCC2. The van der Waals surface area contributed by atoms with E-state index in [0.717, 1.165) is 30.4 Å². The maximum absolute atomic E-state index is 15.1. The smallest absolute Gasteiger partial charge is 0.259 e. The molecule has 5 nitrogen and oxygen atoms in total. The number of fused-ring (bicyclic) bond motifs is 1. The fraction of sp³-hybridized carbons (Fsp3) is 0.296. The first-order valence-corrected chi connectivity index (χ1v) is 11.5. The number of amides is 2. The van der Waals surface area contributed by atoms with Crippen LogP contribution in [0.1, 0.15) is 59.5 Å². The minimum Gasteiger partial charge on any atom is -0.351 e. The minimum absolute atomic E-state index is 0.151. The lowest BCUT2D eigenvalue weighted by Gasteiger charge is -2.53. The number of benzene rings is 2. The van der Waals surface area contributed by atoms with Crippen LogP contribution in [0.25, 0.3) is 0 Å². The molecule has 2 heterocycles. The number of aromatic nitrogens is 1. The van der Waals surface area contributed by atoms with Gasteiger partial charge in [-0.05, 0) is 48.2 Å². The predicted molar refractivity (Wildman–Crippen MR) is 124 cm³/mol. The van der Waals surface area contributed by atoms with Gasteiger partial charge in [-0.3, -0.25) is 19.5 Å². The molecule has 168 valence electrons. The number of carbonyl (C=O) groups excluding carboxylic acids is 2. The Morgan fingerprint density at radius 1 is 1.03 bits per heavy atom. The van der Waals surface area contributed by atoms with E-state index in [1.807, 2.05) is 24.3 Å². The molecule has 1 fully saturated rings. The third kappa shape index (κ3) is 3.69. The minimum atomic E-state index is -0.815. The van der Waals surface area contributed by atoms with Crippen molar-refractivity contribution >= 4 is 17.5 Å². The first-order chi connectivity index (χ1) is 16.1. The fourth-order valence-corrected chi connectivity index (χ4v) is 5.52. The van der Waals surface area contributed by atoms with Crippen molar-refractivity contribution in [2.24, 2.45) is 0 Å². The Bertz CT molecular complexity index is 1170. The predicted octanol–water partition coefficient (Wildman–Crippen LogP) is 4.98. The monoisotopic (exact) mass is 443 g/mol. The van der Waals surface area contributed by atoms with E-state index in [-0.39, 0.29) is 17.5 Å². The van der Waals surface area contributed by atoms with Gasteiger partial charge in [0.2, 0.25) is 5.91 Å². The molecule has 1 aliphatic heterocycles. The fourth-order valence-electron chi connectivity index (χ4n) is 5.52. The number of para-hydroxylation sites is 1. The second-order valence-electron chi connectivity index (χ2n) is 8.86. The molecule has 1 aliphatic carbocycles. The van der Waals surface area contributed by atoms with E-state index in [1.165, 1.54) is 6.07 Å². The number of pyridine rings is 1. The van der Waals surface area contributed by atoms with Crippen LogP contribution >= 0.6 is 0 Å². The molecule has 0 radical (unpaired) electrons. The van der Waals surface area contributed by atoms with Gasteiger partial charge >= 0.3 is 0 Å². The van der Waals surface area contributed by atoms with Crippen LogP contribution < -0.4 is 10.2 Å². The summed E-state index contributed by atoms with van der Waals surface area (Å²) < 4.78 is 15.1. The molecular formula is C27H26FN3O2. The molecule has 1 spiro atoms. The van der Waals surface area contributed by atoms with Gasteiger partial charge in [-0.25, -0.2) is 4.39 Å². The summed E-state index contributed by atoms with van der Waals surface area (Å²) >= 11 is 0. The van der Waals surface area contributed by atoms with Gasteiger partial charge in [-0.15, -0.1) is 0 Å². The van der Waals surface area contributed by atoms with Crippen molar-refractivity contribution in [3.05, 3.63) is 95.6 Å². The van der Waals surface area contributed by atoms with Gasteiger partial charge in [0.25, 0.3) is 5.91 Å². The molecular weight excluding hydrogens is 417 g/mol. The summed E-state index contributed by atoms with van der Waals surface area (Å²) in [4.78, 5) is 33.3. The number of hydrogen-bond acceptors (Lipinski definition) is 3. The molecule has 6 heteroatoms. The number of halogens is 1. The highest BCUT2D eigenvalue weighted by molar-refractivity contribution is 6.12. The zero-order valence-electron chi connectivity index (χ0n) is 18.3. The molecule has 1 N–H and O–H groups in total. The van der Waals surface area contributed by atoms with E-state index in [4.69, 9.17) is 0 Å². The Balaban J connectivity index is 1.63. The Morgan fingerprint density at radius 3 is 2.55 bits per heavy atom. The van der Waals surface area contributed by atoms with Crippen molar-refractivity contribution in [2.45, 2.75) is 50.1 Å². The van der Waals surface area contributed by atoms with E-state index >= 15 is 4.39 Å². The Kier molecular flexibility index (Phi) is 5.67. The molecule has 2 aromatic carbocycles. The van der Waals surface area contributed by atoms with Crippen LogP contribution in [0.4, 0.5) is 10.1 Å². The summed E-state index contributed by atoms with van der Waals surface area (Å²) in [5.41, 5.74) is 1.50. The third-order valence-corrected chi connectivity index (χ3v) is 6.95. The van der Waals surface area contributed by atoms with Gasteiger partial charge in [-0.2, -0.15) is 0 Å². The molecule has 0 unspecified atom stereocenters. The maximum atomic E-state index is 15.1. The standard InChI is InChI=1S/C27H26FN3O2/c28-22-12-4-5-13-23(22)31-26(33)21-11-3-2-10-20(21)24(27(31)14-6-1-7-15-27)25(32)30-18-19-9-8-16-29-17-19/h2-5,8-13,16-17,24H,1,6-7,14-15,18H2,(H,30,32)/t24-/m1/s1. The van der Waals surface area contributed by atoms with Crippen LogP contribution in [0.3, 0.4) is 0 Å². The molecule has 0 bridgehead atoms. The lowest BCUT2D eigenvalue weighted by molar-refractivity contribution is -0.124. The van der Waals surface area contributed by atoms with Crippen molar-refractivity contribution in [3.8, 4) is 0 Å². The Morgan fingerprint density at radius 2 is 1.79 bits per heavy atom. The van der Waals surface area contributed by atoms with Gasteiger partial charge in [0.1, 0.15) is 5.82 Å². The lowest BCUT2D eigenvalue weighted by atomic mass is 9.65. The van der Waals surface area contributed by atoms with Crippen molar-refractivity contribution in [1.82, 2.24) is 10.3 Å². The van der Waals surface area contributed by atoms with Crippen LogP contribution in [0, 0.1) is 5.82 Å². The number of nitrogens with zero attached hydrogens (tertiary/aromatic N) is 2. The highest BCUT2D eigenvalue weighted by Crippen LogP contribution is 2.51. The number of hydrogen-bond donors (Lipinski definition) is 1. The summed E-state index contributed by atoms with van der Waals surface area (Å²) in [7, 11) is 0. The van der Waals surface area contributed by atoms with Crippen LogP contribution in [0.5, 0.6) is 0 Å². The van der Waals surface area contributed by atoms with Gasteiger partial charge < -0.3 is 5.32 Å². The van der Waals surface area contributed by atoms with Crippen LogP contribution in [0.2, 0.25) is 0 Å². The molecule has 5 rings (SSSR count). The zero-order chi connectivity index (χ0) is 22.8.